The Labute approximate surface area is 96.8 Å². The van der Waals surface area contributed by atoms with Crippen molar-refractivity contribution in [3.63, 3.8) is 0 Å². The van der Waals surface area contributed by atoms with E-state index in [1.807, 2.05) is 19.9 Å². The molecule has 0 bridgehead atoms. The summed E-state index contributed by atoms with van der Waals surface area (Å²) in [5.74, 6) is 1.83. The second-order valence-electron chi connectivity index (χ2n) is 3.82. The fourth-order valence-corrected chi connectivity index (χ4v) is 2.09. The molecule has 3 nitrogen and oxygen atoms in total. The van der Waals surface area contributed by atoms with Gasteiger partial charge in [0.25, 0.3) is 0 Å². The lowest BCUT2D eigenvalue weighted by Crippen LogP contribution is -2.24. The minimum atomic E-state index is 0.678. The van der Waals surface area contributed by atoms with Crippen molar-refractivity contribution in [2.75, 3.05) is 19.8 Å². The maximum Gasteiger partial charge on any atom is 0.164 e. The lowest BCUT2D eigenvalue weighted by Gasteiger charge is -2.22. The molecule has 0 fully saturated rings. The van der Waals surface area contributed by atoms with Crippen molar-refractivity contribution in [1.82, 2.24) is 5.32 Å². The average molecular weight is 221 g/mol. The SMILES string of the molecule is CCOc1ccc2c(c1OCC)CCNC2. The van der Waals surface area contributed by atoms with Crippen LogP contribution in [-0.2, 0) is 13.0 Å². The molecule has 0 radical (unpaired) electrons. The third kappa shape index (κ3) is 2.14. The summed E-state index contributed by atoms with van der Waals surface area (Å²) in [6.07, 6.45) is 1.02. The molecule has 0 saturated carbocycles. The molecule has 0 spiro atoms. The highest BCUT2D eigenvalue weighted by atomic mass is 16.5. The quantitative estimate of drug-likeness (QED) is 0.845. The van der Waals surface area contributed by atoms with Crippen molar-refractivity contribution in [3.8, 4) is 11.5 Å². The third-order valence-corrected chi connectivity index (χ3v) is 2.78. The number of ether oxygens (including phenoxy) is 2. The lowest BCUT2D eigenvalue weighted by molar-refractivity contribution is 0.284. The molecule has 0 atom stereocenters. The molecule has 0 saturated heterocycles. The number of hydrogen-bond donors (Lipinski definition) is 1. The van der Waals surface area contributed by atoms with E-state index in [4.69, 9.17) is 9.47 Å². The number of rotatable bonds is 4. The van der Waals surface area contributed by atoms with Gasteiger partial charge in [-0.25, -0.2) is 0 Å². The first kappa shape index (κ1) is 11.3. The molecule has 1 heterocycles. The molecule has 1 aliphatic heterocycles. The Kier molecular flexibility index (Phi) is 3.67. The van der Waals surface area contributed by atoms with E-state index in [0.717, 1.165) is 31.0 Å². The summed E-state index contributed by atoms with van der Waals surface area (Å²) in [6.45, 7) is 7.32. The minimum absolute atomic E-state index is 0.678. The smallest absolute Gasteiger partial charge is 0.164 e. The van der Waals surface area contributed by atoms with Gasteiger partial charge in [0, 0.05) is 12.1 Å². The summed E-state index contributed by atoms with van der Waals surface area (Å²) in [6, 6.07) is 4.15. The van der Waals surface area contributed by atoms with Crippen molar-refractivity contribution in [2.45, 2.75) is 26.8 Å². The first-order valence-corrected chi connectivity index (χ1v) is 5.97. The van der Waals surface area contributed by atoms with E-state index in [9.17, 15) is 0 Å². The molecular formula is C13H19NO2. The van der Waals surface area contributed by atoms with E-state index in [-0.39, 0.29) is 0 Å². The largest absolute Gasteiger partial charge is 0.490 e. The molecule has 1 aliphatic rings. The van der Waals surface area contributed by atoms with Gasteiger partial charge in [-0.15, -0.1) is 0 Å². The Morgan fingerprint density at radius 1 is 1.19 bits per heavy atom. The van der Waals surface area contributed by atoms with E-state index >= 15 is 0 Å². The van der Waals surface area contributed by atoms with Gasteiger partial charge in [-0.05, 0) is 38.4 Å². The zero-order valence-electron chi connectivity index (χ0n) is 10.0. The van der Waals surface area contributed by atoms with Gasteiger partial charge < -0.3 is 14.8 Å². The van der Waals surface area contributed by atoms with E-state index in [1.54, 1.807) is 0 Å². The van der Waals surface area contributed by atoms with Gasteiger partial charge in [0.2, 0.25) is 0 Å². The van der Waals surface area contributed by atoms with Crippen LogP contribution in [0, 0.1) is 0 Å². The zero-order valence-corrected chi connectivity index (χ0v) is 10.0. The summed E-state index contributed by atoms with van der Waals surface area (Å²) < 4.78 is 11.3. The lowest BCUT2D eigenvalue weighted by atomic mass is 9.99. The molecule has 1 N–H and O–H groups in total. The minimum Gasteiger partial charge on any atom is -0.490 e. The summed E-state index contributed by atoms with van der Waals surface area (Å²) >= 11 is 0. The van der Waals surface area contributed by atoms with Crippen LogP contribution in [0.3, 0.4) is 0 Å². The number of benzene rings is 1. The van der Waals surface area contributed by atoms with Gasteiger partial charge in [0.15, 0.2) is 11.5 Å². The molecule has 0 unspecified atom stereocenters. The van der Waals surface area contributed by atoms with Crippen molar-refractivity contribution in [2.24, 2.45) is 0 Å². The molecule has 1 aromatic rings. The molecule has 3 heteroatoms. The maximum absolute atomic E-state index is 5.74. The van der Waals surface area contributed by atoms with Crippen molar-refractivity contribution in [3.05, 3.63) is 23.3 Å². The Bertz CT molecular complexity index is 363. The highest BCUT2D eigenvalue weighted by Gasteiger charge is 2.17. The second kappa shape index (κ2) is 5.21. The average Bonchev–Trinajstić information content (AvgIpc) is 2.32. The van der Waals surface area contributed by atoms with Crippen molar-refractivity contribution >= 4 is 0 Å². The fourth-order valence-electron chi connectivity index (χ4n) is 2.09. The van der Waals surface area contributed by atoms with Crippen LogP contribution in [0.5, 0.6) is 11.5 Å². The maximum atomic E-state index is 5.74. The topological polar surface area (TPSA) is 30.5 Å². The van der Waals surface area contributed by atoms with Gasteiger partial charge in [0.1, 0.15) is 0 Å². The molecule has 2 rings (SSSR count). The predicted octanol–water partition coefficient (Wildman–Crippen LogP) is 2.13. The van der Waals surface area contributed by atoms with Gasteiger partial charge in [-0.1, -0.05) is 6.07 Å². The Morgan fingerprint density at radius 3 is 2.75 bits per heavy atom. The highest BCUT2D eigenvalue weighted by molar-refractivity contribution is 5.51. The van der Waals surface area contributed by atoms with Crippen LogP contribution in [0.1, 0.15) is 25.0 Å². The van der Waals surface area contributed by atoms with Crippen LogP contribution in [0.4, 0.5) is 0 Å². The van der Waals surface area contributed by atoms with Crippen LogP contribution in [0.2, 0.25) is 0 Å². The van der Waals surface area contributed by atoms with Gasteiger partial charge >= 0.3 is 0 Å². The summed E-state index contributed by atoms with van der Waals surface area (Å²) in [5.41, 5.74) is 2.64. The first-order valence-electron chi connectivity index (χ1n) is 5.97. The normalized spacial score (nSPS) is 14.4. The number of nitrogens with one attached hydrogen (secondary N) is 1. The van der Waals surface area contributed by atoms with E-state index in [2.05, 4.69) is 11.4 Å². The van der Waals surface area contributed by atoms with Crippen LogP contribution in [0.25, 0.3) is 0 Å². The van der Waals surface area contributed by atoms with Crippen molar-refractivity contribution in [1.29, 1.82) is 0 Å². The molecular weight excluding hydrogens is 202 g/mol. The van der Waals surface area contributed by atoms with Crippen LogP contribution in [-0.4, -0.2) is 19.8 Å². The molecule has 16 heavy (non-hydrogen) atoms. The van der Waals surface area contributed by atoms with Gasteiger partial charge in [-0.3, -0.25) is 0 Å². The summed E-state index contributed by atoms with van der Waals surface area (Å²) in [4.78, 5) is 0. The molecule has 1 aromatic carbocycles. The Hall–Kier alpha value is -1.22. The second-order valence-corrected chi connectivity index (χ2v) is 3.82. The number of hydrogen-bond acceptors (Lipinski definition) is 3. The standard InChI is InChI=1S/C13H19NO2/c1-3-15-12-6-5-10-9-14-8-7-11(10)13(12)16-4-2/h5-6,14H,3-4,7-9H2,1-2H3. The molecule has 0 aliphatic carbocycles. The van der Waals surface area contributed by atoms with Crippen LogP contribution in [0.15, 0.2) is 12.1 Å². The fraction of sp³-hybridized carbons (Fsp3) is 0.538. The Balaban J connectivity index is 2.39. The van der Waals surface area contributed by atoms with E-state index in [1.165, 1.54) is 11.1 Å². The monoisotopic (exact) mass is 221 g/mol. The highest BCUT2D eigenvalue weighted by Crippen LogP contribution is 2.35. The number of fused-ring (bicyclic) bond motifs is 1. The summed E-state index contributed by atoms with van der Waals surface area (Å²) in [5, 5.41) is 3.37. The van der Waals surface area contributed by atoms with Crippen LogP contribution < -0.4 is 14.8 Å². The molecule has 0 amide bonds. The van der Waals surface area contributed by atoms with Crippen molar-refractivity contribution < 1.29 is 9.47 Å². The molecule has 0 aromatic heterocycles. The van der Waals surface area contributed by atoms with Gasteiger partial charge in [-0.2, -0.15) is 0 Å². The Morgan fingerprint density at radius 2 is 2.00 bits per heavy atom. The van der Waals surface area contributed by atoms with E-state index < -0.39 is 0 Å². The van der Waals surface area contributed by atoms with E-state index in [0.29, 0.717) is 13.2 Å². The zero-order chi connectivity index (χ0) is 11.4. The first-order chi connectivity index (χ1) is 7.86. The summed E-state index contributed by atoms with van der Waals surface area (Å²) in [7, 11) is 0. The predicted molar refractivity (Wildman–Crippen MR) is 64.2 cm³/mol. The third-order valence-electron chi connectivity index (χ3n) is 2.78. The van der Waals surface area contributed by atoms with Crippen LogP contribution >= 0.6 is 0 Å². The molecule has 88 valence electrons. The van der Waals surface area contributed by atoms with Gasteiger partial charge in [0.05, 0.1) is 13.2 Å².